The van der Waals surface area contributed by atoms with Gasteiger partial charge in [0.1, 0.15) is 52.8 Å². The predicted molar refractivity (Wildman–Crippen MR) is 272 cm³/mol. The van der Waals surface area contributed by atoms with E-state index in [1.807, 2.05) is 79.9 Å². The Hall–Kier alpha value is -7.14. The van der Waals surface area contributed by atoms with Crippen molar-refractivity contribution in [2.45, 2.75) is 34.1 Å². The number of carboxylic acid groups (broad SMARTS) is 1. The van der Waals surface area contributed by atoms with E-state index < -0.39 is 46.9 Å². The third-order valence-electron chi connectivity index (χ3n) is 11.3. The number of thiazole rings is 2. The molecule has 1 unspecified atom stereocenters. The number of β-lactam (4-membered cyclic amide) rings is 1. The Bertz CT molecular complexity index is 2910. The number of thioether (sulfide) groups is 2. The Balaban J connectivity index is 0.000000923. The zero-order chi connectivity index (χ0) is 51.0. The lowest BCUT2D eigenvalue weighted by Gasteiger charge is -2.49. The molecule has 72 heavy (non-hydrogen) atoms. The predicted octanol–water partition coefficient (Wildman–Crippen LogP) is 8.65. The van der Waals surface area contributed by atoms with Crippen molar-refractivity contribution in [1.29, 1.82) is 0 Å². The molecule has 3 N–H and O–H groups in total. The van der Waals surface area contributed by atoms with Gasteiger partial charge in [-0.05, 0) is 46.0 Å². The van der Waals surface area contributed by atoms with Crippen molar-refractivity contribution < 1.29 is 51.8 Å². The van der Waals surface area contributed by atoms with Crippen LogP contribution in [0.5, 0.6) is 5.75 Å². The highest BCUT2D eigenvalue weighted by atomic mass is 32.2. The molecule has 9 rings (SSSR count). The fourth-order valence-electron chi connectivity index (χ4n) is 7.91. The number of nitrogens with zero attached hydrogens (tertiary/aromatic N) is 5. The van der Waals surface area contributed by atoms with Gasteiger partial charge < -0.3 is 35.0 Å². The number of aromatic nitrogens is 2. The Morgan fingerprint density at radius 2 is 1.51 bits per heavy atom. The summed E-state index contributed by atoms with van der Waals surface area (Å²) in [5.74, 6) is -2.95. The van der Waals surface area contributed by atoms with Crippen molar-refractivity contribution in [1.82, 2.24) is 20.2 Å². The van der Waals surface area contributed by atoms with Crippen molar-refractivity contribution in [3.63, 3.8) is 0 Å². The number of carboxylic acids is 1. The van der Waals surface area contributed by atoms with E-state index in [0.29, 0.717) is 22.4 Å². The van der Waals surface area contributed by atoms with E-state index in [-0.39, 0.29) is 23.7 Å². The van der Waals surface area contributed by atoms with Gasteiger partial charge in [0.15, 0.2) is 15.2 Å². The summed E-state index contributed by atoms with van der Waals surface area (Å²) in [7, 11) is 4.96. The van der Waals surface area contributed by atoms with Crippen LogP contribution in [0.3, 0.4) is 0 Å². The third-order valence-corrected chi connectivity index (χ3v) is 15.9. The molecule has 4 aromatic carbocycles. The lowest BCUT2D eigenvalue weighted by molar-refractivity contribution is -0.192. The Morgan fingerprint density at radius 3 is 2.07 bits per heavy atom. The number of fused-ring (bicyclic) bond motifs is 2. The van der Waals surface area contributed by atoms with Crippen molar-refractivity contribution in [2.75, 3.05) is 49.5 Å². The van der Waals surface area contributed by atoms with E-state index in [9.17, 15) is 27.6 Å². The number of halogens is 3. The highest BCUT2D eigenvalue weighted by molar-refractivity contribution is 8.02. The van der Waals surface area contributed by atoms with Gasteiger partial charge in [-0.2, -0.15) is 13.2 Å². The molecule has 2 amide bonds. The van der Waals surface area contributed by atoms with Crippen LogP contribution in [0.2, 0.25) is 0 Å². The summed E-state index contributed by atoms with van der Waals surface area (Å²) in [6.45, 7) is 0.802. The number of esters is 1. The minimum absolute atomic E-state index is 0.00484. The fraction of sp³-hybridized carbons (Fsp3) is 0.220. The van der Waals surface area contributed by atoms with Crippen molar-refractivity contribution in [3.8, 4) is 5.75 Å². The van der Waals surface area contributed by atoms with Gasteiger partial charge >= 0.3 is 18.1 Å². The molecule has 2 atom stereocenters. The second-order valence-corrected chi connectivity index (χ2v) is 20.1. The van der Waals surface area contributed by atoms with Crippen LogP contribution in [-0.4, -0.2) is 106 Å². The summed E-state index contributed by atoms with van der Waals surface area (Å²) in [4.78, 5) is 69.8. The van der Waals surface area contributed by atoms with Gasteiger partial charge in [-0.3, -0.25) is 14.5 Å². The first-order valence-corrected chi connectivity index (χ1v) is 25.6. The third kappa shape index (κ3) is 11.2. The number of amides is 2. The number of carbonyl (C=O) groups is 4. The van der Waals surface area contributed by atoms with Crippen LogP contribution in [-0.2, 0) is 40.9 Å². The number of anilines is 2. The number of benzene rings is 4. The number of alkyl halides is 3. The monoisotopic (exact) mass is 1060 g/mol. The number of aliphatic carboxylic acids is 1. The summed E-state index contributed by atoms with van der Waals surface area (Å²) in [5, 5.41) is 20.6. The minimum atomic E-state index is -5.08. The number of rotatable bonds is 16. The molecule has 1 saturated heterocycles. The van der Waals surface area contributed by atoms with E-state index in [0.717, 1.165) is 49.4 Å². The molecule has 5 heterocycles. The average molecular weight is 1060 g/mol. The van der Waals surface area contributed by atoms with Crippen molar-refractivity contribution in [2.24, 2.45) is 5.16 Å². The maximum absolute atomic E-state index is 14.2. The molecule has 15 nitrogen and oxygen atoms in total. The maximum Gasteiger partial charge on any atom is 0.490 e. The zero-order valence-electron chi connectivity index (χ0n) is 38.5. The Morgan fingerprint density at radius 1 is 0.903 bits per heavy atom. The number of ether oxygens (including phenoxy) is 2. The number of hydrogen-bond donors (Lipinski definition) is 3. The summed E-state index contributed by atoms with van der Waals surface area (Å²) in [5.41, 5.74) is 4.87. The van der Waals surface area contributed by atoms with Gasteiger partial charge in [-0.15, -0.1) is 23.1 Å². The number of hydrogen-bond acceptors (Lipinski definition) is 16. The SMILES string of the molecule is CO/N=C(\C(=O)NC1C(=O)N2C(C(=O)OCc3ccc(OC)cc3)=C(CSc3nc4c(s3)N(C)CC=C4)CS[C@@H]12)c1csc(NC(c2ccccc2)(c2ccccc2)c2ccccc2)n1.O=C(O)C(F)(F)F. The van der Waals surface area contributed by atoms with E-state index >= 15 is 0 Å². The molecule has 22 heteroatoms. The van der Waals surface area contributed by atoms with Crippen LogP contribution in [0.1, 0.15) is 33.6 Å². The molecule has 0 saturated carbocycles. The number of likely N-dealkylation sites (N-methyl/N-ethyl adjacent to an activating group) is 1. The highest BCUT2D eigenvalue weighted by Crippen LogP contribution is 2.44. The average Bonchev–Trinajstić information content (AvgIpc) is 4.05. The molecular weight excluding hydrogens is 1010 g/mol. The lowest BCUT2D eigenvalue weighted by Crippen LogP contribution is -2.71. The van der Waals surface area contributed by atoms with Crippen LogP contribution >= 0.6 is 46.2 Å². The summed E-state index contributed by atoms with van der Waals surface area (Å²) in [6, 6.07) is 36.6. The highest BCUT2D eigenvalue weighted by Gasteiger charge is 2.55. The van der Waals surface area contributed by atoms with Crippen molar-refractivity contribution >= 4 is 91.9 Å². The fourth-order valence-corrected chi connectivity index (χ4v) is 12.2. The summed E-state index contributed by atoms with van der Waals surface area (Å²) >= 11 is 5.89. The van der Waals surface area contributed by atoms with E-state index in [1.54, 1.807) is 36.0 Å². The molecule has 372 valence electrons. The van der Waals surface area contributed by atoms with Crippen LogP contribution in [0, 0.1) is 0 Å². The van der Waals surface area contributed by atoms with Gasteiger partial charge in [0.05, 0.1) is 12.8 Å². The molecular formula is C50H44F3N7O8S4. The quantitative estimate of drug-likeness (QED) is 0.0209. The van der Waals surface area contributed by atoms with E-state index in [1.165, 1.54) is 46.9 Å². The van der Waals surface area contributed by atoms with Gasteiger partial charge in [-0.1, -0.05) is 137 Å². The van der Waals surface area contributed by atoms with Crippen molar-refractivity contribution in [3.05, 3.63) is 172 Å². The lowest BCUT2D eigenvalue weighted by atomic mass is 9.77. The normalized spacial score (nSPS) is 16.4. The Kier molecular flexibility index (Phi) is 16.0. The molecule has 0 radical (unpaired) electrons. The van der Waals surface area contributed by atoms with E-state index in [2.05, 4.69) is 63.2 Å². The number of methoxy groups -OCH3 is 1. The van der Waals surface area contributed by atoms with Gasteiger partial charge in [0.25, 0.3) is 11.8 Å². The topological polar surface area (TPSA) is 185 Å². The zero-order valence-corrected chi connectivity index (χ0v) is 41.8. The van der Waals surface area contributed by atoms with E-state index in [4.69, 9.17) is 34.2 Å². The molecule has 0 spiro atoms. The van der Waals surface area contributed by atoms with Gasteiger partial charge in [-0.25, -0.2) is 19.6 Å². The summed E-state index contributed by atoms with van der Waals surface area (Å²) < 4.78 is 43.7. The minimum Gasteiger partial charge on any atom is -0.497 e. The second kappa shape index (κ2) is 22.5. The number of nitrogens with one attached hydrogen (secondary N) is 2. The Labute approximate surface area is 427 Å². The molecule has 3 aliphatic rings. The van der Waals surface area contributed by atoms with Crippen LogP contribution in [0.25, 0.3) is 6.08 Å². The van der Waals surface area contributed by atoms with Crippen LogP contribution < -0.4 is 20.3 Å². The maximum atomic E-state index is 14.2. The second-order valence-electron chi connectivity index (χ2n) is 15.9. The van der Waals surface area contributed by atoms with Gasteiger partial charge in [0.2, 0.25) is 0 Å². The molecule has 3 aliphatic heterocycles. The molecule has 0 bridgehead atoms. The smallest absolute Gasteiger partial charge is 0.490 e. The number of oxime groups is 1. The summed E-state index contributed by atoms with van der Waals surface area (Å²) in [6.07, 6.45) is -0.990. The first-order chi connectivity index (χ1) is 34.7. The van der Waals surface area contributed by atoms with Gasteiger partial charge in [0, 0.05) is 30.5 Å². The first-order valence-electron chi connectivity index (χ1n) is 21.8. The number of carbonyl (C=O) groups excluding carboxylic acids is 3. The van der Waals surface area contributed by atoms with Crippen LogP contribution in [0.15, 0.2) is 147 Å². The standard InChI is InChI=1S/C48H43N7O6S4.C2HF3O2/c1-54-25-13-20-36-43(54)65-47(50-36)64-28-31-27-62-44-39(42(57)55(44)40(31)45(58)61-26-30-21-23-35(59-2)24-22-30)51-41(56)38(53-60-3)37-29-63-46(49-37)52-48(32-14-7-4-8-15-32,33-16-9-5-10-17-33)34-18-11-6-12-19-34;3-2(4,5)1(6)7/h4-24,29,39,44H,25-28H2,1-3H3,(H,49,52)(H,51,56);(H,6,7)/b53-38-;/t39?,44-;/m0./s1. The molecule has 2 aromatic heterocycles. The largest absolute Gasteiger partial charge is 0.497 e. The molecule has 1 fully saturated rings. The molecule has 0 aliphatic carbocycles. The van der Waals surface area contributed by atoms with Crippen LogP contribution in [0.4, 0.5) is 23.3 Å². The molecule has 6 aromatic rings. The first kappa shape index (κ1) is 51.2.